The minimum atomic E-state index is -4.76. The van der Waals surface area contributed by atoms with Crippen molar-refractivity contribution in [2.75, 3.05) is 46.4 Å². The number of nitriles is 1. The molecule has 0 spiro atoms. The number of aliphatic hydroxyl groups is 2. The third kappa shape index (κ3) is 14.3. The Balaban J connectivity index is 1.24. The van der Waals surface area contributed by atoms with Crippen LogP contribution in [0.1, 0.15) is 128 Å². The molecule has 4 rings (SSSR count). The molecular formula is C42H66N5O11P. The van der Waals surface area contributed by atoms with Crippen molar-refractivity contribution in [1.29, 1.82) is 5.26 Å². The Kier molecular flexibility index (Phi) is 20.1. The summed E-state index contributed by atoms with van der Waals surface area (Å²) in [7, 11) is -1.93. The van der Waals surface area contributed by atoms with Crippen molar-refractivity contribution in [2.24, 2.45) is 0 Å². The van der Waals surface area contributed by atoms with Crippen LogP contribution in [-0.4, -0.2) is 94.8 Å². The van der Waals surface area contributed by atoms with Crippen LogP contribution in [0.15, 0.2) is 30.6 Å². The Morgan fingerprint density at radius 3 is 2.05 bits per heavy atom. The fourth-order valence-electron chi connectivity index (χ4n) is 7.38. The summed E-state index contributed by atoms with van der Waals surface area (Å²) >= 11 is 0. The molecule has 0 radical (unpaired) electrons. The number of benzene rings is 1. The fourth-order valence-corrected chi connectivity index (χ4v) is 8.14. The number of methoxy groups -OCH3 is 2. The molecule has 2 aromatic heterocycles. The lowest BCUT2D eigenvalue weighted by molar-refractivity contribution is -0.0892. The summed E-state index contributed by atoms with van der Waals surface area (Å²) in [5.41, 5.74) is 5.53. The second-order valence-electron chi connectivity index (χ2n) is 15.4. The molecule has 16 nitrogen and oxygen atoms in total. The van der Waals surface area contributed by atoms with E-state index >= 15 is 0 Å². The molecular weight excluding hydrogens is 781 g/mol. The topological polar surface area (TPSA) is 222 Å². The van der Waals surface area contributed by atoms with Gasteiger partial charge in [0.25, 0.3) is 0 Å². The van der Waals surface area contributed by atoms with Crippen LogP contribution in [0, 0.1) is 11.3 Å². The van der Waals surface area contributed by atoms with E-state index in [1.54, 1.807) is 19.1 Å². The number of rotatable bonds is 30. The number of fused-ring (bicyclic) bond motifs is 1. The van der Waals surface area contributed by atoms with Crippen LogP contribution >= 0.6 is 7.82 Å². The molecule has 1 unspecified atom stereocenters. The highest BCUT2D eigenvalue weighted by molar-refractivity contribution is 7.47. The average Bonchev–Trinajstić information content (AvgIpc) is 3.77. The predicted octanol–water partition coefficient (Wildman–Crippen LogP) is 7.40. The number of phosphoric ester groups is 1. The molecule has 0 aliphatic carbocycles. The molecule has 3 aromatic rings. The van der Waals surface area contributed by atoms with Gasteiger partial charge in [-0.1, -0.05) is 103 Å². The number of unbranched alkanes of at least 4 members (excludes halogenated alkanes) is 15. The van der Waals surface area contributed by atoms with Gasteiger partial charge < -0.3 is 44.5 Å². The van der Waals surface area contributed by atoms with E-state index < -0.39 is 51.1 Å². The zero-order chi connectivity index (χ0) is 42.7. The predicted molar refractivity (Wildman–Crippen MR) is 222 cm³/mol. The molecule has 0 saturated carbocycles. The van der Waals surface area contributed by atoms with Crippen molar-refractivity contribution in [2.45, 2.75) is 147 Å². The van der Waals surface area contributed by atoms with Crippen LogP contribution in [0.2, 0.25) is 0 Å². The lowest BCUT2D eigenvalue weighted by Gasteiger charge is -2.27. The largest absolute Gasteiger partial charge is 0.495 e. The Hall–Kier alpha value is -3.52. The van der Waals surface area contributed by atoms with Gasteiger partial charge in [0.05, 0.1) is 39.7 Å². The van der Waals surface area contributed by atoms with Crippen LogP contribution in [-0.2, 0) is 28.7 Å². The Morgan fingerprint density at radius 1 is 0.915 bits per heavy atom. The van der Waals surface area contributed by atoms with Crippen LogP contribution in [0.5, 0.6) is 17.2 Å². The Morgan fingerprint density at radius 2 is 1.49 bits per heavy atom. The average molecular weight is 848 g/mol. The van der Waals surface area contributed by atoms with Crippen LogP contribution in [0.4, 0.5) is 5.82 Å². The first-order chi connectivity index (χ1) is 28.5. The summed E-state index contributed by atoms with van der Waals surface area (Å²) < 4.78 is 54.1. The monoisotopic (exact) mass is 847 g/mol. The van der Waals surface area contributed by atoms with Crippen molar-refractivity contribution >= 4 is 19.2 Å². The molecule has 1 aromatic carbocycles. The van der Waals surface area contributed by atoms with Crippen molar-refractivity contribution in [3.8, 4) is 23.3 Å². The van der Waals surface area contributed by atoms with E-state index in [-0.39, 0.29) is 35.2 Å². The van der Waals surface area contributed by atoms with Gasteiger partial charge in [0, 0.05) is 18.7 Å². The fraction of sp³-hybridized carbons (Fsp3) is 0.690. The first kappa shape index (κ1) is 48.1. The number of ether oxygens (including phenoxy) is 5. The van der Waals surface area contributed by atoms with Gasteiger partial charge >= 0.3 is 7.82 Å². The van der Waals surface area contributed by atoms with E-state index in [1.807, 2.05) is 6.07 Å². The van der Waals surface area contributed by atoms with Crippen molar-refractivity contribution in [3.05, 3.63) is 41.9 Å². The number of nitrogens with two attached hydrogens (primary N) is 1. The lowest BCUT2D eigenvalue weighted by atomic mass is 9.93. The van der Waals surface area contributed by atoms with Gasteiger partial charge in [-0.25, -0.2) is 14.1 Å². The van der Waals surface area contributed by atoms with Crippen LogP contribution in [0.3, 0.4) is 0 Å². The SMILES string of the molecule is CCCCCCCCCCCCCCCCCCOC[C@H](COP(=O)(O)OC[C@H]1O[C@@](C)(c2ccc3c(N)ncnn23)[C@H](O)[C@@H]1O)Oc1cc(OC)c(C#N)c(OC)c1. The lowest BCUT2D eigenvalue weighted by Crippen LogP contribution is -2.39. The highest BCUT2D eigenvalue weighted by Crippen LogP contribution is 2.46. The van der Waals surface area contributed by atoms with Gasteiger partial charge in [-0.3, -0.25) is 9.05 Å². The zero-order valence-corrected chi connectivity index (χ0v) is 36.2. The zero-order valence-electron chi connectivity index (χ0n) is 35.3. The third-order valence-electron chi connectivity index (χ3n) is 10.8. The van der Waals surface area contributed by atoms with Gasteiger partial charge in [0.2, 0.25) is 0 Å². The number of anilines is 1. The second-order valence-corrected chi connectivity index (χ2v) is 16.8. The van der Waals surface area contributed by atoms with Gasteiger partial charge in [0.15, 0.2) is 5.82 Å². The number of hydrogen-bond acceptors (Lipinski definition) is 14. The quantitative estimate of drug-likeness (QED) is 0.0379. The maximum Gasteiger partial charge on any atom is 0.472 e. The second kappa shape index (κ2) is 24.7. The highest BCUT2D eigenvalue weighted by Gasteiger charge is 2.54. The molecule has 0 amide bonds. The van der Waals surface area contributed by atoms with E-state index in [2.05, 4.69) is 17.0 Å². The standard InChI is InChI=1S/C42H66N5O11P/c1-5-6-7-8-9-10-11-12-13-14-15-16-17-18-19-20-23-54-27-32(57-31-24-35(52-3)33(26-43)36(25-31)53-4)28-55-59(50,51)56-29-37-39(48)40(49)42(2,58-37)38-22-21-34-41(44)45-30-46-47(34)38/h21-22,24-25,30,32,37,39-40,48-49H,5-20,23,27-29H2,1-4H3,(H,50,51)(H2,44,45,46)/t32-,37-,39-,40-,42+/m1/s1. The van der Waals surface area contributed by atoms with E-state index in [0.29, 0.717) is 17.8 Å². The maximum absolute atomic E-state index is 13.1. The van der Waals surface area contributed by atoms with Crippen LogP contribution < -0.4 is 19.9 Å². The first-order valence-electron chi connectivity index (χ1n) is 21.1. The molecule has 1 aliphatic heterocycles. The number of nitrogen functional groups attached to an aromatic ring is 1. The van der Waals surface area contributed by atoms with E-state index in [4.69, 9.17) is 38.5 Å². The minimum Gasteiger partial charge on any atom is -0.495 e. The molecule has 5 N–H and O–H groups in total. The summed E-state index contributed by atoms with van der Waals surface area (Å²) in [6.45, 7) is 3.27. The number of hydrogen-bond donors (Lipinski definition) is 4. The smallest absolute Gasteiger partial charge is 0.472 e. The number of phosphoric acid groups is 1. The normalized spacial score (nSPS) is 20.7. The van der Waals surface area contributed by atoms with Gasteiger partial charge in [0.1, 0.15) is 70.7 Å². The molecule has 59 heavy (non-hydrogen) atoms. The summed E-state index contributed by atoms with van der Waals surface area (Å²) in [5, 5.41) is 35.7. The van der Waals surface area contributed by atoms with Gasteiger partial charge in [-0.2, -0.15) is 10.4 Å². The molecule has 1 saturated heterocycles. The maximum atomic E-state index is 13.1. The summed E-state index contributed by atoms with van der Waals surface area (Å²) in [6.07, 6.45) is 16.5. The number of aliphatic hydroxyl groups excluding tert-OH is 2. The molecule has 1 fully saturated rings. The minimum absolute atomic E-state index is 0.0116. The molecule has 1 aliphatic rings. The Labute approximate surface area is 348 Å². The first-order valence-corrected chi connectivity index (χ1v) is 22.6. The van der Waals surface area contributed by atoms with Gasteiger partial charge in [-0.05, 0) is 25.5 Å². The van der Waals surface area contributed by atoms with Crippen LogP contribution in [0.25, 0.3) is 5.52 Å². The Bertz CT molecular complexity index is 1770. The van der Waals surface area contributed by atoms with Crippen molar-refractivity contribution in [1.82, 2.24) is 14.6 Å². The van der Waals surface area contributed by atoms with Crippen molar-refractivity contribution in [3.63, 3.8) is 0 Å². The van der Waals surface area contributed by atoms with Crippen molar-refractivity contribution < 1.29 is 52.4 Å². The molecule has 6 atom stereocenters. The number of aromatic nitrogens is 3. The van der Waals surface area contributed by atoms with E-state index in [1.165, 1.54) is 121 Å². The number of nitrogens with zero attached hydrogens (tertiary/aromatic N) is 4. The van der Waals surface area contributed by atoms with Gasteiger partial charge in [-0.15, -0.1) is 0 Å². The summed E-state index contributed by atoms with van der Waals surface area (Å²) in [6, 6.07) is 8.36. The summed E-state index contributed by atoms with van der Waals surface area (Å²) in [4.78, 5) is 14.7. The van der Waals surface area contributed by atoms with E-state index in [0.717, 1.165) is 19.3 Å². The highest BCUT2D eigenvalue weighted by atomic mass is 31.2. The molecule has 17 heteroatoms. The summed E-state index contributed by atoms with van der Waals surface area (Å²) in [5.74, 6) is 0.915. The molecule has 330 valence electrons. The molecule has 3 heterocycles. The molecule has 0 bridgehead atoms. The van der Waals surface area contributed by atoms with E-state index in [9.17, 15) is 24.9 Å². The third-order valence-corrected chi connectivity index (χ3v) is 11.8.